The summed E-state index contributed by atoms with van der Waals surface area (Å²) in [5, 5.41) is 4.52. The number of carbonyl (C=O) groups excluding carboxylic acids is 3. The molecular formula is C23H29ClN4O4. The summed E-state index contributed by atoms with van der Waals surface area (Å²) >= 11 is 6.45. The van der Waals surface area contributed by atoms with Crippen LogP contribution in [0.5, 0.6) is 0 Å². The molecule has 0 saturated carbocycles. The first-order valence-electron chi connectivity index (χ1n) is 10.6. The normalized spacial score (nSPS) is 18.4. The molecule has 0 aliphatic carbocycles. The van der Waals surface area contributed by atoms with Crippen molar-refractivity contribution in [2.75, 3.05) is 33.9 Å². The summed E-state index contributed by atoms with van der Waals surface area (Å²) in [5.41, 5.74) is 0.231. The molecule has 1 fully saturated rings. The highest BCUT2D eigenvalue weighted by molar-refractivity contribution is 6.32. The van der Waals surface area contributed by atoms with E-state index in [9.17, 15) is 14.4 Å². The van der Waals surface area contributed by atoms with Crippen LogP contribution in [0.1, 0.15) is 30.4 Å². The predicted octanol–water partition coefficient (Wildman–Crippen LogP) is 2.20. The molecule has 0 radical (unpaired) electrons. The molecule has 1 aromatic carbocycles. The van der Waals surface area contributed by atoms with Crippen molar-refractivity contribution in [3.63, 3.8) is 0 Å². The van der Waals surface area contributed by atoms with Crippen molar-refractivity contribution in [1.82, 2.24) is 19.6 Å². The van der Waals surface area contributed by atoms with Gasteiger partial charge in [-0.3, -0.25) is 24.0 Å². The van der Waals surface area contributed by atoms with E-state index in [4.69, 9.17) is 16.3 Å². The molecule has 1 atom stereocenters. The number of methoxy groups -OCH3 is 1. The van der Waals surface area contributed by atoms with E-state index in [1.54, 1.807) is 54.2 Å². The molecule has 2 heterocycles. The number of hydrogen-bond donors (Lipinski definition) is 0. The minimum absolute atomic E-state index is 0.0786. The summed E-state index contributed by atoms with van der Waals surface area (Å²) in [4.78, 5) is 42.4. The van der Waals surface area contributed by atoms with Crippen LogP contribution in [0.4, 0.5) is 0 Å². The molecule has 2 aromatic rings. The highest BCUT2D eigenvalue weighted by Gasteiger charge is 2.54. The van der Waals surface area contributed by atoms with Crippen LogP contribution < -0.4 is 0 Å². The van der Waals surface area contributed by atoms with E-state index < -0.39 is 5.41 Å². The third-order valence-electron chi connectivity index (χ3n) is 5.90. The monoisotopic (exact) mass is 460 g/mol. The zero-order valence-corrected chi connectivity index (χ0v) is 19.5. The maximum absolute atomic E-state index is 13.5. The lowest BCUT2D eigenvalue weighted by atomic mass is 9.75. The summed E-state index contributed by atoms with van der Waals surface area (Å²) in [5.74, 6) is -0.883. The fourth-order valence-electron chi connectivity index (χ4n) is 4.10. The van der Waals surface area contributed by atoms with Crippen LogP contribution in [0, 0.1) is 0 Å². The maximum atomic E-state index is 13.5. The highest BCUT2D eigenvalue weighted by atomic mass is 35.5. The number of likely N-dealkylation sites (tertiary alicyclic amines) is 1. The van der Waals surface area contributed by atoms with E-state index in [1.165, 1.54) is 4.90 Å². The van der Waals surface area contributed by atoms with Crippen molar-refractivity contribution in [2.24, 2.45) is 7.05 Å². The first kappa shape index (κ1) is 23.9. The Morgan fingerprint density at radius 1 is 1.31 bits per heavy atom. The number of likely N-dealkylation sites (N-methyl/N-ethyl adjacent to an activating group) is 1. The Labute approximate surface area is 193 Å². The minimum Gasteiger partial charge on any atom is -0.385 e. The average Bonchev–Trinajstić information content (AvgIpc) is 3.28. The number of aryl methyl sites for hydroxylation is 1. The van der Waals surface area contributed by atoms with E-state index in [1.807, 2.05) is 13.2 Å². The second-order valence-electron chi connectivity index (χ2n) is 8.20. The molecule has 0 bridgehead atoms. The summed E-state index contributed by atoms with van der Waals surface area (Å²) < 4.78 is 6.76. The number of benzene rings is 1. The van der Waals surface area contributed by atoms with Crippen LogP contribution in [0.15, 0.2) is 36.7 Å². The molecule has 0 spiro atoms. The van der Waals surface area contributed by atoms with E-state index in [0.717, 1.165) is 5.56 Å². The molecule has 3 amide bonds. The van der Waals surface area contributed by atoms with Crippen molar-refractivity contribution in [2.45, 2.75) is 31.1 Å². The number of nitrogens with zero attached hydrogens (tertiary/aromatic N) is 4. The number of rotatable bonds is 10. The number of ether oxygens (including phenoxy) is 1. The smallest absolute Gasteiger partial charge is 0.240 e. The Morgan fingerprint density at radius 2 is 2.06 bits per heavy atom. The van der Waals surface area contributed by atoms with Gasteiger partial charge in [0.1, 0.15) is 0 Å². The molecule has 1 saturated heterocycles. The second-order valence-corrected chi connectivity index (χ2v) is 8.61. The van der Waals surface area contributed by atoms with E-state index in [2.05, 4.69) is 5.10 Å². The van der Waals surface area contributed by atoms with Gasteiger partial charge in [-0.15, -0.1) is 0 Å². The quantitative estimate of drug-likeness (QED) is 0.401. The third-order valence-corrected chi connectivity index (χ3v) is 6.23. The van der Waals surface area contributed by atoms with E-state index in [0.29, 0.717) is 36.6 Å². The fourth-order valence-corrected chi connectivity index (χ4v) is 4.42. The Bertz CT molecular complexity index is 992. The number of hydrogen-bond acceptors (Lipinski definition) is 5. The lowest BCUT2D eigenvalue weighted by Gasteiger charge is -2.30. The number of carbonyl (C=O) groups is 3. The first-order valence-corrected chi connectivity index (χ1v) is 11.0. The number of halogens is 1. The van der Waals surface area contributed by atoms with Crippen LogP contribution >= 0.6 is 11.6 Å². The number of amides is 3. The van der Waals surface area contributed by atoms with Gasteiger partial charge in [0.2, 0.25) is 17.7 Å². The van der Waals surface area contributed by atoms with Crippen LogP contribution in [-0.4, -0.2) is 71.2 Å². The van der Waals surface area contributed by atoms with Crippen molar-refractivity contribution >= 4 is 29.3 Å². The van der Waals surface area contributed by atoms with Gasteiger partial charge in [-0.05, 0) is 30.0 Å². The average molecular weight is 461 g/mol. The van der Waals surface area contributed by atoms with Gasteiger partial charge in [-0.2, -0.15) is 5.10 Å². The molecule has 8 nitrogen and oxygen atoms in total. The topological polar surface area (TPSA) is 84.7 Å². The Kier molecular flexibility index (Phi) is 7.69. The second kappa shape index (κ2) is 10.3. The highest BCUT2D eigenvalue weighted by Crippen LogP contribution is 2.43. The van der Waals surface area contributed by atoms with Crippen LogP contribution in [0.25, 0.3) is 0 Å². The molecule has 0 unspecified atom stereocenters. The Hall–Kier alpha value is -2.71. The number of imide groups is 1. The van der Waals surface area contributed by atoms with Gasteiger partial charge < -0.3 is 9.64 Å². The number of aromatic nitrogens is 2. The van der Waals surface area contributed by atoms with Crippen molar-refractivity contribution in [3.8, 4) is 0 Å². The summed E-state index contributed by atoms with van der Waals surface area (Å²) in [6, 6.07) is 6.94. The lowest BCUT2D eigenvalue weighted by Crippen LogP contribution is -2.43. The van der Waals surface area contributed by atoms with Gasteiger partial charge in [0.25, 0.3) is 0 Å². The zero-order chi connectivity index (χ0) is 23.3. The summed E-state index contributed by atoms with van der Waals surface area (Å²) in [7, 11) is 5.12. The van der Waals surface area contributed by atoms with Crippen LogP contribution in [0.3, 0.4) is 0 Å². The molecule has 1 aliphatic rings. The molecule has 0 N–H and O–H groups in total. The zero-order valence-electron chi connectivity index (χ0n) is 18.7. The minimum atomic E-state index is -1.30. The van der Waals surface area contributed by atoms with E-state index >= 15 is 0 Å². The Balaban J connectivity index is 1.82. The molecule has 32 heavy (non-hydrogen) atoms. The standard InChI is InChI=1S/C23H29ClN4O4/c1-26(11-9-17-15-25-27(2)16-17)20(29)13-23(18-7-4-5-8-19(18)24)14-21(30)28(22(23)31)10-6-12-32-3/h4-5,7-8,15-16H,6,9-14H2,1-3H3/t23-/m1/s1. The predicted molar refractivity (Wildman–Crippen MR) is 120 cm³/mol. The van der Waals surface area contributed by atoms with Gasteiger partial charge in [-0.1, -0.05) is 29.8 Å². The SMILES string of the molecule is COCCCN1C(=O)C[C@](CC(=O)N(C)CCc2cnn(C)c2)(c2ccccc2Cl)C1=O. The van der Waals surface area contributed by atoms with Crippen molar-refractivity contribution in [3.05, 3.63) is 52.8 Å². The molecule has 9 heteroatoms. The molecule has 3 rings (SSSR count). The molecule has 1 aromatic heterocycles. The van der Waals surface area contributed by atoms with Gasteiger partial charge in [0, 0.05) is 65.0 Å². The van der Waals surface area contributed by atoms with Gasteiger partial charge in [0.15, 0.2) is 0 Å². The molecule has 1 aliphatic heterocycles. The van der Waals surface area contributed by atoms with Crippen molar-refractivity contribution in [1.29, 1.82) is 0 Å². The third kappa shape index (κ3) is 5.02. The fraction of sp³-hybridized carbons (Fsp3) is 0.478. The molecular weight excluding hydrogens is 432 g/mol. The first-order chi connectivity index (χ1) is 15.3. The largest absolute Gasteiger partial charge is 0.385 e. The van der Waals surface area contributed by atoms with Gasteiger partial charge in [-0.25, -0.2) is 0 Å². The van der Waals surface area contributed by atoms with Gasteiger partial charge >= 0.3 is 0 Å². The van der Waals surface area contributed by atoms with Crippen molar-refractivity contribution < 1.29 is 19.1 Å². The Morgan fingerprint density at radius 3 is 2.72 bits per heavy atom. The maximum Gasteiger partial charge on any atom is 0.240 e. The van der Waals surface area contributed by atoms with Crippen LogP contribution in [0.2, 0.25) is 5.02 Å². The van der Waals surface area contributed by atoms with E-state index in [-0.39, 0.29) is 37.1 Å². The summed E-state index contributed by atoms with van der Waals surface area (Å²) in [6.45, 7) is 1.16. The van der Waals surface area contributed by atoms with Gasteiger partial charge in [0.05, 0.1) is 11.6 Å². The van der Waals surface area contributed by atoms with Crippen LogP contribution in [-0.2, 0) is 38.0 Å². The summed E-state index contributed by atoms with van der Waals surface area (Å²) in [6.07, 6.45) is 4.65. The molecule has 172 valence electrons. The lowest BCUT2D eigenvalue weighted by molar-refractivity contribution is -0.142.